The highest BCUT2D eigenvalue weighted by molar-refractivity contribution is 6.30. The molecule has 0 radical (unpaired) electrons. The molecule has 2 aromatic carbocycles. The van der Waals surface area contributed by atoms with Gasteiger partial charge in [0, 0.05) is 18.0 Å². The van der Waals surface area contributed by atoms with Gasteiger partial charge < -0.3 is 18.8 Å². The van der Waals surface area contributed by atoms with Crippen LogP contribution >= 0.6 is 11.6 Å². The van der Waals surface area contributed by atoms with Crippen molar-refractivity contribution in [2.45, 2.75) is 6.54 Å². The minimum atomic E-state index is -1.11. The number of hydrogen-bond donors (Lipinski definition) is 0. The van der Waals surface area contributed by atoms with Gasteiger partial charge in [-0.15, -0.1) is 0 Å². The van der Waals surface area contributed by atoms with Crippen LogP contribution in [-0.4, -0.2) is 36.7 Å². The zero-order valence-corrected chi connectivity index (χ0v) is 18.7. The Morgan fingerprint density at radius 3 is 2.18 bits per heavy atom. The molecule has 0 spiro atoms. The van der Waals surface area contributed by atoms with Gasteiger partial charge >= 0.3 is 0 Å². The summed E-state index contributed by atoms with van der Waals surface area (Å²) in [5.74, 6) is -3.04. The minimum absolute atomic E-state index is 0.0537. The summed E-state index contributed by atoms with van der Waals surface area (Å²) < 4.78 is 46.9. The van der Waals surface area contributed by atoms with Gasteiger partial charge in [-0.25, -0.2) is 13.8 Å². The van der Waals surface area contributed by atoms with Crippen LogP contribution in [0.5, 0.6) is 17.2 Å². The van der Waals surface area contributed by atoms with Gasteiger partial charge in [-0.3, -0.25) is 4.79 Å². The normalized spacial score (nSPS) is 11.0. The van der Waals surface area contributed by atoms with Crippen LogP contribution < -0.4 is 14.2 Å². The van der Waals surface area contributed by atoms with Gasteiger partial charge in [0.25, 0.3) is 0 Å². The largest absolute Gasteiger partial charge is 0.497 e. The quantitative estimate of drug-likeness (QED) is 0.271. The van der Waals surface area contributed by atoms with Crippen LogP contribution in [0.25, 0.3) is 10.9 Å². The van der Waals surface area contributed by atoms with Crippen LogP contribution in [-0.2, 0) is 6.54 Å². The van der Waals surface area contributed by atoms with Gasteiger partial charge in [0.2, 0.25) is 5.78 Å². The van der Waals surface area contributed by atoms with Crippen molar-refractivity contribution in [2.75, 3.05) is 21.3 Å². The summed E-state index contributed by atoms with van der Waals surface area (Å²) in [4.78, 5) is 17.6. The van der Waals surface area contributed by atoms with Crippen molar-refractivity contribution in [3.05, 3.63) is 82.3 Å². The molecule has 0 aliphatic carbocycles. The van der Waals surface area contributed by atoms with Crippen LogP contribution in [0.3, 0.4) is 0 Å². The number of aromatic nitrogens is 2. The number of ketones is 1. The lowest BCUT2D eigenvalue weighted by atomic mass is 10.0. The minimum Gasteiger partial charge on any atom is -0.497 e. The third kappa shape index (κ3) is 4.09. The van der Waals surface area contributed by atoms with Crippen molar-refractivity contribution >= 4 is 28.3 Å². The van der Waals surface area contributed by atoms with E-state index in [1.807, 2.05) is 12.1 Å². The Kier molecular flexibility index (Phi) is 6.20. The van der Waals surface area contributed by atoms with Crippen molar-refractivity contribution in [3.63, 3.8) is 0 Å². The van der Waals surface area contributed by atoms with E-state index >= 15 is 8.78 Å². The van der Waals surface area contributed by atoms with Gasteiger partial charge in [-0.1, -0.05) is 23.7 Å². The predicted molar refractivity (Wildman–Crippen MR) is 120 cm³/mol. The first kappa shape index (κ1) is 22.5. The van der Waals surface area contributed by atoms with E-state index in [1.54, 1.807) is 29.9 Å². The number of rotatable bonds is 7. The highest BCUT2D eigenvalue weighted by atomic mass is 35.5. The number of methoxy groups -OCH3 is 3. The average molecular weight is 473 g/mol. The summed E-state index contributed by atoms with van der Waals surface area (Å²) in [5, 5.41) is 0.825. The standard InChI is InChI=1S/C24H19ClF2N2O4/c1-31-15-6-4-13(5-7-15)12-29-16(8-14-9-20(25)28-11-17(14)29)24(30)21-22(26)18(32-2)10-19(33-3)23(21)27/h4-11H,12H2,1-3H3. The number of pyridine rings is 1. The summed E-state index contributed by atoms with van der Waals surface area (Å²) in [5.41, 5.74) is 0.692. The van der Waals surface area contributed by atoms with E-state index in [9.17, 15) is 4.79 Å². The van der Waals surface area contributed by atoms with Crippen LogP contribution in [0, 0.1) is 11.6 Å². The predicted octanol–water partition coefficient (Wildman–Crippen LogP) is 5.27. The molecule has 170 valence electrons. The molecule has 33 heavy (non-hydrogen) atoms. The van der Waals surface area contributed by atoms with E-state index in [1.165, 1.54) is 26.5 Å². The summed E-state index contributed by atoms with van der Waals surface area (Å²) in [7, 11) is 4.00. The molecule has 0 bridgehead atoms. The first-order valence-electron chi connectivity index (χ1n) is 9.80. The Hall–Kier alpha value is -3.65. The number of fused-ring (bicyclic) bond motifs is 1. The molecule has 4 aromatic rings. The number of hydrogen-bond acceptors (Lipinski definition) is 5. The third-order valence-corrected chi connectivity index (χ3v) is 5.49. The summed E-state index contributed by atoms with van der Waals surface area (Å²) in [6.07, 6.45) is 1.51. The van der Waals surface area contributed by atoms with Crippen molar-refractivity contribution in [2.24, 2.45) is 0 Å². The lowest BCUT2D eigenvalue weighted by molar-refractivity contribution is 0.102. The Bertz CT molecular complexity index is 1330. The molecule has 2 aromatic heterocycles. The number of ether oxygens (including phenoxy) is 3. The van der Waals surface area contributed by atoms with Crippen molar-refractivity contribution in [1.82, 2.24) is 9.55 Å². The molecule has 0 atom stereocenters. The SMILES string of the molecule is COc1ccc(Cn2c(C(=O)c3c(F)c(OC)cc(OC)c3F)cc3cc(Cl)ncc32)cc1. The first-order chi connectivity index (χ1) is 15.9. The Balaban J connectivity index is 1.90. The molecular formula is C24H19ClF2N2O4. The van der Waals surface area contributed by atoms with E-state index < -0.39 is 23.0 Å². The molecule has 2 heterocycles. The number of carbonyl (C=O) groups is 1. The van der Waals surface area contributed by atoms with Crippen LogP contribution in [0.2, 0.25) is 5.15 Å². The van der Waals surface area contributed by atoms with Crippen molar-refractivity contribution in [3.8, 4) is 17.2 Å². The molecule has 0 unspecified atom stereocenters. The highest BCUT2D eigenvalue weighted by Gasteiger charge is 2.29. The van der Waals surface area contributed by atoms with Crippen molar-refractivity contribution in [1.29, 1.82) is 0 Å². The van der Waals surface area contributed by atoms with E-state index in [4.69, 9.17) is 25.8 Å². The average Bonchev–Trinajstić information content (AvgIpc) is 3.17. The van der Waals surface area contributed by atoms with E-state index in [0.717, 1.165) is 11.6 Å². The molecule has 0 fully saturated rings. The second-order valence-electron chi connectivity index (χ2n) is 7.14. The Morgan fingerprint density at radius 1 is 0.970 bits per heavy atom. The zero-order valence-electron chi connectivity index (χ0n) is 18.0. The fourth-order valence-electron chi connectivity index (χ4n) is 3.62. The number of nitrogens with zero attached hydrogens (tertiary/aromatic N) is 2. The molecule has 0 aliphatic heterocycles. The number of halogens is 3. The van der Waals surface area contributed by atoms with Crippen LogP contribution in [0.1, 0.15) is 21.6 Å². The number of benzene rings is 2. The summed E-state index contributed by atoms with van der Waals surface area (Å²) in [6, 6.07) is 11.4. The van der Waals surface area contributed by atoms with E-state index in [0.29, 0.717) is 16.7 Å². The van der Waals surface area contributed by atoms with Gasteiger partial charge in [0.05, 0.1) is 38.7 Å². The topological polar surface area (TPSA) is 62.6 Å². The Morgan fingerprint density at radius 2 is 1.61 bits per heavy atom. The maximum Gasteiger partial charge on any atom is 0.215 e. The second-order valence-corrected chi connectivity index (χ2v) is 7.53. The summed E-state index contributed by atoms with van der Waals surface area (Å²) >= 11 is 6.03. The smallest absolute Gasteiger partial charge is 0.215 e. The summed E-state index contributed by atoms with van der Waals surface area (Å²) in [6.45, 7) is 0.238. The molecule has 0 amide bonds. The molecule has 0 saturated heterocycles. The molecular weight excluding hydrogens is 454 g/mol. The Labute approximate surface area is 193 Å². The zero-order chi connectivity index (χ0) is 23.7. The molecule has 9 heteroatoms. The van der Waals surface area contributed by atoms with Gasteiger partial charge in [-0.05, 0) is 29.8 Å². The van der Waals surface area contributed by atoms with E-state index in [2.05, 4.69) is 4.98 Å². The van der Waals surface area contributed by atoms with Gasteiger partial charge in [0.15, 0.2) is 23.1 Å². The lowest BCUT2D eigenvalue weighted by Gasteiger charge is -2.14. The molecule has 4 rings (SSSR count). The first-order valence-corrected chi connectivity index (χ1v) is 10.2. The monoisotopic (exact) mass is 472 g/mol. The van der Waals surface area contributed by atoms with Crippen LogP contribution in [0.15, 0.2) is 48.7 Å². The maximum atomic E-state index is 15.0. The molecule has 6 nitrogen and oxygen atoms in total. The second kappa shape index (κ2) is 9.07. The molecule has 0 N–H and O–H groups in total. The third-order valence-electron chi connectivity index (χ3n) is 5.29. The molecule has 0 saturated carbocycles. The molecule has 0 aliphatic rings. The highest BCUT2D eigenvalue weighted by Crippen LogP contribution is 2.34. The van der Waals surface area contributed by atoms with Crippen LogP contribution in [0.4, 0.5) is 8.78 Å². The maximum absolute atomic E-state index is 15.0. The van der Waals surface area contributed by atoms with Gasteiger partial charge in [0.1, 0.15) is 16.5 Å². The van der Waals surface area contributed by atoms with Gasteiger partial charge in [-0.2, -0.15) is 0 Å². The number of carbonyl (C=O) groups excluding carboxylic acids is 1. The fraction of sp³-hybridized carbons (Fsp3) is 0.167. The van der Waals surface area contributed by atoms with Crippen molar-refractivity contribution < 1.29 is 27.8 Å². The van der Waals surface area contributed by atoms with E-state index in [-0.39, 0.29) is 28.9 Å². The lowest BCUT2D eigenvalue weighted by Crippen LogP contribution is -2.15. The fourth-order valence-corrected chi connectivity index (χ4v) is 3.78.